The summed E-state index contributed by atoms with van der Waals surface area (Å²) in [4.78, 5) is 0. The lowest BCUT2D eigenvalue weighted by Crippen LogP contribution is -2.10. The fourth-order valence-electron chi connectivity index (χ4n) is 1.74. The van der Waals surface area contributed by atoms with Gasteiger partial charge in [0.2, 0.25) is 0 Å². The van der Waals surface area contributed by atoms with Gasteiger partial charge in [-0.3, -0.25) is 0 Å². The zero-order valence-electron chi connectivity index (χ0n) is 8.43. The number of fused-ring (bicyclic) bond motifs is 1. The van der Waals surface area contributed by atoms with Crippen molar-refractivity contribution in [3.05, 3.63) is 23.5 Å². The minimum Gasteiger partial charge on any atom is -0.349 e. The molecule has 0 amide bonds. The first-order chi connectivity index (χ1) is 5.88. The number of nitrogens with zero attached hydrogens (tertiary/aromatic N) is 1. The Labute approximate surface area is 75.4 Å². The van der Waals surface area contributed by atoms with Gasteiger partial charge in [-0.1, -0.05) is 13.8 Å². The van der Waals surface area contributed by atoms with Crippen LogP contribution in [0.15, 0.2) is 12.1 Å². The molecule has 0 saturated carbocycles. The van der Waals surface area contributed by atoms with Crippen LogP contribution in [0.4, 0.5) is 0 Å². The van der Waals surface area contributed by atoms with Gasteiger partial charge in [-0.15, -0.1) is 0 Å². The van der Waals surface area contributed by atoms with E-state index in [0.29, 0.717) is 0 Å². The molecule has 0 atom stereocenters. The highest BCUT2D eigenvalue weighted by Gasteiger charge is 2.08. The molecule has 1 aliphatic heterocycles. The van der Waals surface area contributed by atoms with Crippen LogP contribution in [0.3, 0.4) is 0 Å². The highest BCUT2D eigenvalue weighted by atomic mass is 15.0. The molecule has 0 unspecified atom stereocenters. The Balaban J connectivity index is 0.000000336. The van der Waals surface area contributed by atoms with Crippen molar-refractivity contribution in [3.8, 4) is 0 Å². The van der Waals surface area contributed by atoms with Crippen molar-refractivity contribution in [1.82, 2.24) is 4.57 Å². The van der Waals surface area contributed by atoms with Crippen molar-refractivity contribution in [2.24, 2.45) is 0 Å². The van der Waals surface area contributed by atoms with Crippen LogP contribution in [0.2, 0.25) is 0 Å². The molecule has 0 N–H and O–H groups in total. The van der Waals surface area contributed by atoms with Crippen molar-refractivity contribution in [1.29, 1.82) is 0 Å². The van der Waals surface area contributed by atoms with Gasteiger partial charge in [-0.05, 0) is 38.3 Å². The van der Waals surface area contributed by atoms with E-state index in [-0.39, 0.29) is 0 Å². The van der Waals surface area contributed by atoms with Gasteiger partial charge in [0.05, 0.1) is 0 Å². The fraction of sp³-hybridized carbons (Fsp3) is 0.636. The summed E-state index contributed by atoms with van der Waals surface area (Å²) in [7, 11) is 0. The van der Waals surface area contributed by atoms with Gasteiger partial charge in [-0.25, -0.2) is 0 Å². The number of rotatable bonds is 0. The van der Waals surface area contributed by atoms with Crippen LogP contribution < -0.4 is 0 Å². The third-order valence-electron chi connectivity index (χ3n) is 2.35. The maximum absolute atomic E-state index is 2.43. The van der Waals surface area contributed by atoms with Crippen molar-refractivity contribution in [2.75, 3.05) is 0 Å². The maximum Gasteiger partial charge on any atom is 0.0224 e. The van der Waals surface area contributed by atoms with Crippen molar-refractivity contribution in [3.63, 3.8) is 0 Å². The van der Waals surface area contributed by atoms with Crippen molar-refractivity contribution >= 4 is 0 Å². The summed E-state index contributed by atoms with van der Waals surface area (Å²) in [6.45, 7) is 7.43. The van der Waals surface area contributed by atoms with E-state index in [1.165, 1.54) is 37.2 Å². The number of hydrogen-bond donors (Lipinski definition) is 0. The molecule has 0 saturated heterocycles. The average molecular weight is 165 g/mol. The molecular weight excluding hydrogens is 146 g/mol. The van der Waals surface area contributed by atoms with Gasteiger partial charge < -0.3 is 4.57 Å². The number of aryl methyl sites for hydroxylation is 2. The molecule has 2 heterocycles. The van der Waals surface area contributed by atoms with Crippen LogP contribution in [-0.2, 0) is 13.0 Å². The van der Waals surface area contributed by atoms with Gasteiger partial charge in [0.25, 0.3) is 0 Å². The lowest BCUT2D eigenvalue weighted by Gasteiger charge is -2.16. The molecule has 0 aromatic carbocycles. The summed E-state index contributed by atoms with van der Waals surface area (Å²) >= 11 is 0. The topological polar surface area (TPSA) is 4.93 Å². The van der Waals surface area contributed by atoms with Crippen molar-refractivity contribution in [2.45, 2.75) is 46.6 Å². The Hall–Kier alpha value is -0.720. The minimum absolute atomic E-state index is 1.24. The minimum atomic E-state index is 1.24. The maximum atomic E-state index is 2.43. The van der Waals surface area contributed by atoms with Crippen LogP contribution in [0.5, 0.6) is 0 Å². The summed E-state index contributed by atoms with van der Waals surface area (Å²) < 4.78 is 2.43. The van der Waals surface area contributed by atoms with Crippen LogP contribution in [0, 0.1) is 6.92 Å². The van der Waals surface area contributed by atoms with Crippen LogP contribution >= 0.6 is 0 Å². The highest BCUT2D eigenvalue weighted by molar-refractivity contribution is 5.16. The van der Waals surface area contributed by atoms with E-state index in [4.69, 9.17) is 0 Å². The monoisotopic (exact) mass is 165 g/mol. The predicted molar refractivity (Wildman–Crippen MR) is 53.5 cm³/mol. The van der Waals surface area contributed by atoms with E-state index in [9.17, 15) is 0 Å². The lowest BCUT2D eigenvalue weighted by atomic mass is 10.1. The first kappa shape index (κ1) is 9.37. The smallest absolute Gasteiger partial charge is 0.0224 e. The normalized spacial score (nSPS) is 14.6. The molecule has 0 spiro atoms. The molecule has 1 nitrogen and oxygen atoms in total. The third-order valence-corrected chi connectivity index (χ3v) is 2.35. The van der Waals surface area contributed by atoms with E-state index < -0.39 is 0 Å². The van der Waals surface area contributed by atoms with E-state index in [1.54, 1.807) is 0 Å². The van der Waals surface area contributed by atoms with E-state index >= 15 is 0 Å². The molecular formula is C11H19N. The molecule has 1 aromatic heterocycles. The molecule has 1 aromatic rings. The second kappa shape index (κ2) is 4.34. The zero-order valence-corrected chi connectivity index (χ0v) is 8.43. The van der Waals surface area contributed by atoms with E-state index in [2.05, 4.69) is 23.6 Å². The quantitative estimate of drug-likeness (QED) is 0.556. The number of aromatic nitrogens is 1. The van der Waals surface area contributed by atoms with Crippen LogP contribution in [0.25, 0.3) is 0 Å². The molecule has 12 heavy (non-hydrogen) atoms. The Morgan fingerprint density at radius 1 is 1.17 bits per heavy atom. The van der Waals surface area contributed by atoms with E-state index in [1.807, 2.05) is 13.8 Å². The highest BCUT2D eigenvalue weighted by Crippen LogP contribution is 2.17. The molecule has 68 valence electrons. The second-order valence-corrected chi connectivity index (χ2v) is 3.07. The Morgan fingerprint density at radius 3 is 2.58 bits per heavy atom. The lowest BCUT2D eigenvalue weighted by molar-refractivity contribution is 0.524. The molecule has 1 aliphatic rings. The van der Waals surface area contributed by atoms with Gasteiger partial charge in [0.1, 0.15) is 0 Å². The van der Waals surface area contributed by atoms with Crippen LogP contribution in [-0.4, -0.2) is 4.57 Å². The summed E-state index contributed by atoms with van der Waals surface area (Å²) in [5.74, 6) is 0. The fourth-order valence-corrected chi connectivity index (χ4v) is 1.74. The molecule has 2 rings (SSSR count). The summed E-state index contributed by atoms with van der Waals surface area (Å²) in [5, 5.41) is 0. The Bertz CT molecular complexity index is 235. The molecule has 0 radical (unpaired) electrons. The first-order valence-corrected chi connectivity index (χ1v) is 5.03. The summed E-state index contributed by atoms with van der Waals surface area (Å²) in [5.41, 5.74) is 2.96. The molecule has 0 aliphatic carbocycles. The SMILES string of the molecule is CC.Cc1ccc2n1CCCC2. The van der Waals surface area contributed by atoms with Gasteiger partial charge in [0.15, 0.2) is 0 Å². The zero-order chi connectivity index (χ0) is 8.97. The predicted octanol–water partition coefficient (Wildman–Crippen LogP) is 3.16. The first-order valence-electron chi connectivity index (χ1n) is 5.03. The Kier molecular flexibility index (Phi) is 3.39. The van der Waals surface area contributed by atoms with E-state index in [0.717, 1.165) is 0 Å². The average Bonchev–Trinajstić information content (AvgIpc) is 2.53. The Morgan fingerprint density at radius 2 is 1.92 bits per heavy atom. The van der Waals surface area contributed by atoms with Crippen LogP contribution in [0.1, 0.15) is 38.1 Å². The van der Waals surface area contributed by atoms with Gasteiger partial charge >= 0.3 is 0 Å². The summed E-state index contributed by atoms with van der Waals surface area (Å²) in [6, 6.07) is 4.48. The summed E-state index contributed by atoms with van der Waals surface area (Å²) in [6.07, 6.45) is 4.03. The third kappa shape index (κ3) is 1.71. The van der Waals surface area contributed by atoms with Gasteiger partial charge in [0, 0.05) is 17.9 Å². The molecule has 0 fully saturated rings. The van der Waals surface area contributed by atoms with Crippen molar-refractivity contribution < 1.29 is 0 Å². The number of hydrogen-bond acceptors (Lipinski definition) is 0. The molecule has 1 heteroatoms. The largest absolute Gasteiger partial charge is 0.349 e. The second-order valence-electron chi connectivity index (χ2n) is 3.07. The molecule has 0 bridgehead atoms. The standard InChI is InChI=1S/C9H13N.C2H6/c1-8-5-6-9-4-2-3-7-10(8)9;1-2/h5-6H,2-4,7H2,1H3;1-2H3. The van der Waals surface area contributed by atoms with Gasteiger partial charge in [-0.2, -0.15) is 0 Å².